The first-order valence-corrected chi connectivity index (χ1v) is 7.39. The van der Waals surface area contributed by atoms with Gasteiger partial charge in [0, 0.05) is 15.7 Å². The summed E-state index contributed by atoms with van der Waals surface area (Å²) >= 11 is 2.17. The van der Waals surface area contributed by atoms with Crippen LogP contribution in [0.3, 0.4) is 0 Å². The lowest BCUT2D eigenvalue weighted by Crippen LogP contribution is -2.32. The SMILES string of the molecule is O=C(CC1(C(=O)O)CCCC1)Nc1cccc(I)c1. The van der Waals surface area contributed by atoms with Gasteiger partial charge in [-0.1, -0.05) is 18.9 Å². The number of benzene rings is 1. The molecule has 1 fully saturated rings. The van der Waals surface area contributed by atoms with E-state index in [-0.39, 0.29) is 12.3 Å². The van der Waals surface area contributed by atoms with Crippen LogP contribution in [-0.2, 0) is 9.59 Å². The maximum atomic E-state index is 12.0. The van der Waals surface area contributed by atoms with Crippen LogP contribution in [0, 0.1) is 8.99 Å². The normalized spacial score (nSPS) is 17.1. The standard InChI is InChI=1S/C14H16INO3/c15-10-4-3-5-11(8-10)16-12(17)9-14(13(18)19)6-1-2-7-14/h3-5,8H,1-2,6-7,9H2,(H,16,17)(H,18,19). The van der Waals surface area contributed by atoms with E-state index in [4.69, 9.17) is 0 Å². The second-order valence-corrected chi connectivity index (χ2v) is 6.27. The molecule has 0 aliphatic heterocycles. The molecule has 0 atom stereocenters. The third kappa shape index (κ3) is 3.46. The van der Waals surface area contributed by atoms with E-state index in [0.717, 1.165) is 22.1 Å². The van der Waals surface area contributed by atoms with Crippen molar-refractivity contribution in [3.05, 3.63) is 27.8 Å². The number of halogens is 1. The molecule has 0 unspecified atom stereocenters. The number of hydrogen-bond donors (Lipinski definition) is 2. The minimum atomic E-state index is -0.855. The number of nitrogens with one attached hydrogen (secondary N) is 1. The second kappa shape index (κ2) is 5.90. The van der Waals surface area contributed by atoms with Gasteiger partial charge < -0.3 is 10.4 Å². The van der Waals surface area contributed by atoms with Gasteiger partial charge in [0.15, 0.2) is 0 Å². The van der Waals surface area contributed by atoms with Gasteiger partial charge in [0.05, 0.1) is 5.41 Å². The predicted molar refractivity (Wildman–Crippen MR) is 80.9 cm³/mol. The Labute approximate surface area is 125 Å². The summed E-state index contributed by atoms with van der Waals surface area (Å²) in [6.07, 6.45) is 3.05. The zero-order chi connectivity index (χ0) is 13.9. The molecular formula is C14H16INO3. The molecule has 1 amide bonds. The van der Waals surface area contributed by atoms with Gasteiger partial charge in [-0.3, -0.25) is 9.59 Å². The Morgan fingerprint density at radius 3 is 2.58 bits per heavy atom. The van der Waals surface area contributed by atoms with Crippen molar-refractivity contribution in [2.45, 2.75) is 32.1 Å². The summed E-state index contributed by atoms with van der Waals surface area (Å²) in [6, 6.07) is 7.47. The lowest BCUT2D eigenvalue weighted by molar-refractivity contribution is -0.150. The van der Waals surface area contributed by atoms with Crippen LogP contribution in [0.5, 0.6) is 0 Å². The van der Waals surface area contributed by atoms with Crippen LogP contribution in [0.2, 0.25) is 0 Å². The molecule has 19 heavy (non-hydrogen) atoms. The van der Waals surface area contributed by atoms with Crippen LogP contribution in [0.1, 0.15) is 32.1 Å². The Morgan fingerprint density at radius 2 is 2.00 bits per heavy atom. The molecule has 0 heterocycles. The first kappa shape index (κ1) is 14.3. The molecule has 1 aromatic rings. The molecule has 0 saturated heterocycles. The summed E-state index contributed by atoms with van der Waals surface area (Å²) in [5.41, 5.74) is -0.137. The first-order chi connectivity index (χ1) is 9.02. The third-order valence-electron chi connectivity index (χ3n) is 3.62. The van der Waals surface area contributed by atoms with Crippen molar-refractivity contribution in [3.8, 4) is 0 Å². The molecule has 102 valence electrons. The van der Waals surface area contributed by atoms with Crippen molar-refractivity contribution in [2.75, 3.05) is 5.32 Å². The number of anilines is 1. The zero-order valence-corrected chi connectivity index (χ0v) is 12.6. The van der Waals surface area contributed by atoms with Crippen LogP contribution in [0.15, 0.2) is 24.3 Å². The average molecular weight is 373 g/mol. The number of carbonyl (C=O) groups is 2. The fourth-order valence-corrected chi connectivity index (χ4v) is 3.14. The number of carboxylic acid groups (broad SMARTS) is 1. The van der Waals surface area contributed by atoms with Gasteiger partial charge in [-0.25, -0.2) is 0 Å². The molecule has 0 spiro atoms. The number of carbonyl (C=O) groups excluding carboxylic acids is 1. The van der Waals surface area contributed by atoms with Crippen molar-refractivity contribution in [2.24, 2.45) is 5.41 Å². The highest BCUT2D eigenvalue weighted by Gasteiger charge is 2.42. The summed E-state index contributed by atoms with van der Waals surface area (Å²) in [5, 5.41) is 12.1. The fourth-order valence-electron chi connectivity index (χ4n) is 2.60. The molecule has 1 aliphatic rings. The Bertz CT molecular complexity index is 495. The van der Waals surface area contributed by atoms with Gasteiger partial charge in [0.2, 0.25) is 5.91 Å². The minimum Gasteiger partial charge on any atom is -0.481 e. The van der Waals surface area contributed by atoms with E-state index in [1.165, 1.54) is 0 Å². The predicted octanol–water partition coefficient (Wildman–Crippen LogP) is 3.26. The van der Waals surface area contributed by atoms with Gasteiger partial charge in [0.25, 0.3) is 0 Å². The molecule has 1 saturated carbocycles. The van der Waals surface area contributed by atoms with Crippen LogP contribution in [0.4, 0.5) is 5.69 Å². The molecule has 0 aromatic heterocycles. The minimum absolute atomic E-state index is 0.0633. The highest BCUT2D eigenvalue weighted by Crippen LogP contribution is 2.41. The van der Waals surface area contributed by atoms with Crippen molar-refractivity contribution in [1.29, 1.82) is 0 Å². The summed E-state index contributed by atoms with van der Waals surface area (Å²) < 4.78 is 1.03. The van der Waals surface area contributed by atoms with Gasteiger partial charge in [-0.15, -0.1) is 0 Å². The number of aliphatic carboxylic acids is 1. The largest absolute Gasteiger partial charge is 0.481 e. The number of amides is 1. The molecule has 2 N–H and O–H groups in total. The number of rotatable bonds is 4. The van der Waals surface area contributed by atoms with Crippen LogP contribution in [-0.4, -0.2) is 17.0 Å². The Hall–Kier alpha value is -1.11. The maximum absolute atomic E-state index is 12.0. The lowest BCUT2D eigenvalue weighted by Gasteiger charge is -2.22. The van der Waals surface area contributed by atoms with E-state index < -0.39 is 11.4 Å². The van der Waals surface area contributed by atoms with E-state index in [1.807, 2.05) is 24.3 Å². The van der Waals surface area contributed by atoms with E-state index in [1.54, 1.807) is 0 Å². The maximum Gasteiger partial charge on any atom is 0.310 e. The van der Waals surface area contributed by atoms with Crippen LogP contribution >= 0.6 is 22.6 Å². The summed E-state index contributed by atoms with van der Waals surface area (Å²) in [4.78, 5) is 23.4. The lowest BCUT2D eigenvalue weighted by atomic mass is 9.82. The fraction of sp³-hybridized carbons (Fsp3) is 0.429. The highest BCUT2D eigenvalue weighted by molar-refractivity contribution is 14.1. The Balaban J connectivity index is 2.02. The van der Waals surface area contributed by atoms with E-state index in [0.29, 0.717) is 12.8 Å². The van der Waals surface area contributed by atoms with Crippen LogP contribution < -0.4 is 5.32 Å². The van der Waals surface area contributed by atoms with Gasteiger partial charge in [-0.2, -0.15) is 0 Å². The molecule has 4 nitrogen and oxygen atoms in total. The molecule has 0 radical (unpaired) electrons. The highest BCUT2D eigenvalue weighted by atomic mass is 127. The van der Waals surface area contributed by atoms with Crippen LogP contribution in [0.25, 0.3) is 0 Å². The van der Waals surface area contributed by atoms with Crippen molar-refractivity contribution < 1.29 is 14.7 Å². The molecule has 5 heteroatoms. The smallest absolute Gasteiger partial charge is 0.310 e. The van der Waals surface area contributed by atoms with Gasteiger partial charge >= 0.3 is 5.97 Å². The summed E-state index contributed by atoms with van der Waals surface area (Å²) in [6.45, 7) is 0. The molecule has 0 bridgehead atoms. The monoisotopic (exact) mass is 373 g/mol. The third-order valence-corrected chi connectivity index (χ3v) is 4.29. The quantitative estimate of drug-likeness (QED) is 0.797. The Morgan fingerprint density at radius 1 is 1.32 bits per heavy atom. The van der Waals surface area contributed by atoms with Crippen molar-refractivity contribution in [1.82, 2.24) is 0 Å². The average Bonchev–Trinajstić information content (AvgIpc) is 2.78. The topological polar surface area (TPSA) is 66.4 Å². The first-order valence-electron chi connectivity index (χ1n) is 6.31. The van der Waals surface area contributed by atoms with E-state index >= 15 is 0 Å². The summed E-state index contributed by atoms with van der Waals surface area (Å²) in [7, 11) is 0. The van der Waals surface area contributed by atoms with Gasteiger partial charge in [-0.05, 0) is 53.6 Å². The van der Waals surface area contributed by atoms with E-state index in [2.05, 4.69) is 27.9 Å². The van der Waals surface area contributed by atoms with E-state index in [9.17, 15) is 14.7 Å². The molecule has 1 aliphatic carbocycles. The van der Waals surface area contributed by atoms with Crippen molar-refractivity contribution in [3.63, 3.8) is 0 Å². The number of carboxylic acids is 1. The molecule has 2 rings (SSSR count). The second-order valence-electron chi connectivity index (χ2n) is 5.03. The molecular weight excluding hydrogens is 357 g/mol. The number of hydrogen-bond acceptors (Lipinski definition) is 2. The summed E-state index contributed by atoms with van der Waals surface area (Å²) in [5.74, 6) is -1.06. The van der Waals surface area contributed by atoms with Gasteiger partial charge in [0.1, 0.15) is 0 Å². The Kier molecular flexibility index (Phi) is 4.44. The van der Waals surface area contributed by atoms with Crippen molar-refractivity contribution >= 4 is 40.2 Å². The molecule has 1 aromatic carbocycles. The zero-order valence-electron chi connectivity index (χ0n) is 10.5.